The Labute approximate surface area is 119 Å². The van der Waals surface area contributed by atoms with Crippen LogP contribution in [0, 0.1) is 0 Å². The molecule has 0 saturated heterocycles. The van der Waals surface area contributed by atoms with E-state index in [0.29, 0.717) is 5.89 Å². The molecule has 5 heteroatoms. The van der Waals surface area contributed by atoms with E-state index in [1.165, 1.54) is 0 Å². The first-order valence-electron chi connectivity index (χ1n) is 7.03. The van der Waals surface area contributed by atoms with E-state index in [0.717, 1.165) is 36.4 Å². The zero-order chi connectivity index (χ0) is 14.4. The predicted octanol–water partition coefficient (Wildman–Crippen LogP) is 3.01. The summed E-state index contributed by atoms with van der Waals surface area (Å²) < 4.78 is 10.9. The molecule has 0 saturated carbocycles. The molecule has 2 aromatic rings. The fraction of sp³-hybridized carbons (Fsp3) is 0.467. The smallest absolute Gasteiger partial charge is 0.264 e. The van der Waals surface area contributed by atoms with E-state index in [2.05, 4.69) is 24.0 Å². The summed E-state index contributed by atoms with van der Waals surface area (Å²) in [5.74, 6) is 2.00. The Morgan fingerprint density at radius 3 is 2.85 bits per heavy atom. The summed E-state index contributed by atoms with van der Waals surface area (Å²) in [5, 5.41) is 3.90. The molecule has 1 aromatic carbocycles. The van der Waals surface area contributed by atoms with Gasteiger partial charge in [0.2, 0.25) is 0 Å². The number of aryl methyl sites for hydroxylation is 1. The van der Waals surface area contributed by atoms with Gasteiger partial charge in [-0.15, -0.1) is 0 Å². The highest BCUT2D eigenvalue weighted by Crippen LogP contribution is 2.25. The Hall–Kier alpha value is -1.88. The molecular weight excluding hydrogens is 254 g/mol. The van der Waals surface area contributed by atoms with E-state index in [1.54, 1.807) is 0 Å². The van der Waals surface area contributed by atoms with Crippen LogP contribution in [0.3, 0.4) is 0 Å². The molecule has 20 heavy (non-hydrogen) atoms. The number of aromatic nitrogens is 2. The van der Waals surface area contributed by atoms with Crippen LogP contribution in [0.4, 0.5) is 0 Å². The second-order valence-corrected chi connectivity index (χ2v) is 4.70. The molecule has 0 spiro atoms. The molecule has 1 heterocycles. The number of benzene rings is 1. The molecule has 1 atom stereocenters. The van der Waals surface area contributed by atoms with Crippen molar-refractivity contribution in [2.75, 3.05) is 0 Å². The van der Waals surface area contributed by atoms with Crippen LogP contribution in [0.1, 0.15) is 50.0 Å². The van der Waals surface area contributed by atoms with Gasteiger partial charge in [0.1, 0.15) is 5.75 Å². The number of ether oxygens (including phenoxy) is 1. The molecule has 0 aliphatic carbocycles. The quantitative estimate of drug-likeness (QED) is 0.840. The molecule has 2 N–H and O–H groups in total. The minimum absolute atomic E-state index is 0.0236. The lowest BCUT2D eigenvalue weighted by molar-refractivity contribution is 0.239. The Balaban J connectivity index is 2.02. The van der Waals surface area contributed by atoms with Crippen LogP contribution in [-0.4, -0.2) is 10.1 Å². The lowest BCUT2D eigenvalue weighted by atomic mass is 10.0. The van der Waals surface area contributed by atoms with Crippen LogP contribution >= 0.6 is 0 Å². The normalized spacial score (nSPS) is 12.3. The molecule has 0 radical (unpaired) electrons. The van der Waals surface area contributed by atoms with Crippen molar-refractivity contribution in [1.82, 2.24) is 10.1 Å². The van der Waals surface area contributed by atoms with Gasteiger partial charge in [-0.05, 0) is 18.9 Å². The number of hydrogen-bond donors (Lipinski definition) is 1. The van der Waals surface area contributed by atoms with Crippen LogP contribution in [0.25, 0.3) is 0 Å². The van der Waals surface area contributed by atoms with Gasteiger partial charge in [0.05, 0.1) is 0 Å². The van der Waals surface area contributed by atoms with Gasteiger partial charge in [0.15, 0.2) is 12.4 Å². The standard InChI is InChI=1S/C15H21N3O2/c1-3-7-14-17-15(20-18-14)10-19-13-9-6-5-8-11(13)12(16)4-2/h5-6,8-9,12H,3-4,7,10,16H2,1-2H3/t12-/m1/s1. The minimum Gasteiger partial charge on any atom is -0.483 e. The van der Waals surface area contributed by atoms with E-state index >= 15 is 0 Å². The van der Waals surface area contributed by atoms with Gasteiger partial charge in [0, 0.05) is 18.0 Å². The highest BCUT2D eigenvalue weighted by atomic mass is 16.5. The van der Waals surface area contributed by atoms with Crippen molar-refractivity contribution < 1.29 is 9.26 Å². The second kappa shape index (κ2) is 7.05. The molecule has 108 valence electrons. The minimum atomic E-state index is -0.0236. The zero-order valence-corrected chi connectivity index (χ0v) is 12.0. The van der Waals surface area contributed by atoms with Crippen molar-refractivity contribution in [3.63, 3.8) is 0 Å². The van der Waals surface area contributed by atoms with E-state index in [1.807, 2.05) is 24.3 Å². The topological polar surface area (TPSA) is 74.2 Å². The van der Waals surface area contributed by atoms with E-state index in [4.69, 9.17) is 15.0 Å². The summed E-state index contributed by atoms with van der Waals surface area (Å²) in [6, 6.07) is 7.76. The number of hydrogen-bond acceptors (Lipinski definition) is 5. The Morgan fingerprint density at radius 1 is 1.30 bits per heavy atom. The maximum Gasteiger partial charge on any atom is 0.264 e. The SMILES string of the molecule is CCCc1noc(COc2ccccc2[C@H](N)CC)n1. The number of nitrogens with zero attached hydrogens (tertiary/aromatic N) is 2. The largest absolute Gasteiger partial charge is 0.483 e. The Morgan fingerprint density at radius 2 is 2.10 bits per heavy atom. The Kier molecular flexibility index (Phi) is 5.12. The van der Waals surface area contributed by atoms with Crippen LogP contribution in [0.15, 0.2) is 28.8 Å². The molecule has 1 aromatic heterocycles. The first-order valence-corrected chi connectivity index (χ1v) is 7.03. The van der Waals surface area contributed by atoms with Crippen molar-refractivity contribution in [3.8, 4) is 5.75 Å². The van der Waals surface area contributed by atoms with Gasteiger partial charge in [-0.3, -0.25) is 0 Å². The van der Waals surface area contributed by atoms with E-state index in [9.17, 15) is 0 Å². The van der Waals surface area contributed by atoms with Gasteiger partial charge < -0.3 is 15.0 Å². The molecule has 5 nitrogen and oxygen atoms in total. The van der Waals surface area contributed by atoms with E-state index < -0.39 is 0 Å². The van der Waals surface area contributed by atoms with Crippen molar-refractivity contribution in [1.29, 1.82) is 0 Å². The first kappa shape index (κ1) is 14.5. The van der Waals surface area contributed by atoms with Gasteiger partial charge in [0.25, 0.3) is 5.89 Å². The summed E-state index contributed by atoms with van der Waals surface area (Å²) in [6.07, 6.45) is 2.68. The van der Waals surface area contributed by atoms with Crippen molar-refractivity contribution >= 4 is 0 Å². The maximum atomic E-state index is 6.08. The van der Waals surface area contributed by atoms with Crippen molar-refractivity contribution in [2.24, 2.45) is 5.73 Å². The molecule has 0 bridgehead atoms. The summed E-state index contributed by atoms with van der Waals surface area (Å²) in [5.41, 5.74) is 7.08. The highest BCUT2D eigenvalue weighted by molar-refractivity contribution is 5.35. The average Bonchev–Trinajstić information content (AvgIpc) is 2.93. The lowest BCUT2D eigenvalue weighted by Crippen LogP contribution is -2.10. The van der Waals surface area contributed by atoms with Crippen LogP contribution in [0.5, 0.6) is 5.75 Å². The summed E-state index contributed by atoms with van der Waals surface area (Å²) in [7, 11) is 0. The average molecular weight is 275 g/mol. The lowest BCUT2D eigenvalue weighted by Gasteiger charge is -2.14. The molecule has 0 amide bonds. The van der Waals surface area contributed by atoms with E-state index in [-0.39, 0.29) is 12.6 Å². The molecular formula is C15H21N3O2. The third-order valence-electron chi connectivity index (χ3n) is 3.09. The fourth-order valence-corrected chi connectivity index (χ4v) is 1.95. The molecule has 0 aliphatic heterocycles. The molecule has 0 fully saturated rings. The monoisotopic (exact) mass is 275 g/mol. The molecule has 0 aliphatic rings. The first-order chi connectivity index (χ1) is 9.74. The van der Waals surface area contributed by atoms with Crippen LogP contribution in [0.2, 0.25) is 0 Å². The zero-order valence-electron chi connectivity index (χ0n) is 12.0. The van der Waals surface area contributed by atoms with Crippen molar-refractivity contribution in [2.45, 2.75) is 45.8 Å². The third kappa shape index (κ3) is 3.57. The number of para-hydroxylation sites is 1. The number of nitrogens with two attached hydrogens (primary N) is 1. The third-order valence-corrected chi connectivity index (χ3v) is 3.09. The van der Waals surface area contributed by atoms with Crippen LogP contribution < -0.4 is 10.5 Å². The second-order valence-electron chi connectivity index (χ2n) is 4.70. The van der Waals surface area contributed by atoms with Gasteiger partial charge in [-0.1, -0.05) is 37.2 Å². The summed E-state index contributed by atoms with van der Waals surface area (Å²) >= 11 is 0. The molecule has 2 rings (SSSR count). The molecule has 0 unspecified atom stereocenters. The highest BCUT2D eigenvalue weighted by Gasteiger charge is 2.12. The van der Waals surface area contributed by atoms with Gasteiger partial charge >= 0.3 is 0 Å². The summed E-state index contributed by atoms with van der Waals surface area (Å²) in [6.45, 7) is 4.40. The van der Waals surface area contributed by atoms with Crippen molar-refractivity contribution in [3.05, 3.63) is 41.5 Å². The predicted molar refractivity (Wildman–Crippen MR) is 76.3 cm³/mol. The summed E-state index contributed by atoms with van der Waals surface area (Å²) in [4.78, 5) is 4.28. The van der Waals surface area contributed by atoms with Gasteiger partial charge in [-0.2, -0.15) is 4.98 Å². The van der Waals surface area contributed by atoms with Crippen LogP contribution in [-0.2, 0) is 13.0 Å². The maximum absolute atomic E-state index is 6.08. The van der Waals surface area contributed by atoms with Gasteiger partial charge in [-0.25, -0.2) is 0 Å². The fourth-order valence-electron chi connectivity index (χ4n) is 1.95. The Bertz CT molecular complexity index is 539. The number of rotatable bonds is 7.